The molecule has 0 aliphatic rings. The van der Waals surface area contributed by atoms with Crippen molar-refractivity contribution in [3.63, 3.8) is 0 Å². The number of fused-ring (bicyclic) bond motifs is 1. The second-order valence-electron chi connectivity index (χ2n) is 5.16. The van der Waals surface area contributed by atoms with Gasteiger partial charge in [-0.05, 0) is 30.3 Å². The van der Waals surface area contributed by atoms with Crippen LogP contribution >= 0.6 is 0 Å². The third-order valence-electron chi connectivity index (χ3n) is 3.46. The molecule has 124 valence electrons. The smallest absolute Gasteiger partial charge is 0.325 e. The minimum atomic E-state index is -4.49. The lowest BCUT2D eigenvalue weighted by atomic mass is 10.2. The second kappa shape index (κ2) is 5.88. The highest BCUT2D eigenvalue weighted by Crippen LogP contribution is 2.30. The number of alkyl halides is 3. The number of carbonyl (C=O) groups is 1. The lowest BCUT2D eigenvalue weighted by Gasteiger charge is -2.10. The summed E-state index contributed by atoms with van der Waals surface area (Å²) < 4.78 is 39.2. The van der Waals surface area contributed by atoms with E-state index in [0.29, 0.717) is 11.0 Å². The Morgan fingerprint density at radius 2 is 1.88 bits per heavy atom. The summed E-state index contributed by atoms with van der Waals surface area (Å²) >= 11 is 0. The van der Waals surface area contributed by atoms with Crippen molar-refractivity contribution >= 4 is 22.6 Å². The molecule has 0 unspecified atom stereocenters. The molecule has 2 aromatic carbocycles. The molecule has 24 heavy (non-hydrogen) atoms. The zero-order valence-electron chi connectivity index (χ0n) is 12.2. The van der Waals surface area contributed by atoms with E-state index in [4.69, 9.17) is 0 Å². The number of H-pyrrole nitrogens is 1. The first kappa shape index (κ1) is 15.9. The minimum Gasteiger partial charge on any atom is -0.325 e. The van der Waals surface area contributed by atoms with E-state index in [-0.39, 0.29) is 12.2 Å². The first-order chi connectivity index (χ1) is 11.3. The van der Waals surface area contributed by atoms with Crippen LogP contribution in [0.3, 0.4) is 0 Å². The molecule has 1 aromatic heterocycles. The highest BCUT2D eigenvalue weighted by atomic mass is 19.4. The van der Waals surface area contributed by atoms with Gasteiger partial charge in [-0.1, -0.05) is 18.2 Å². The molecule has 0 saturated heterocycles. The normalized spacial score (nSPS) is 11.6. The van der Waals surface area contributed by atoms with Crippen molar-refractivity contribution in [3.05, 3.63) is 64.6 Å². The van der Waals surface area contributed by atoms with Crippen LogP contribution in [0.25, 0.3) is 11.0 Å². The van der Waals surface area contributed by atoms with Crippen LogP contribution in [-0.2, 0) is 17.5 Å². The lowest BCUT2D eigenvalue weighted by molar-refractivity contribution is -0.137. The maximum Gasteiger partial charge on any atom is 0.416 e. The Morgan fingerprint density at radius 1 is 1.12 bits per heavy atom. The van der Waals surface area contributed by atoms with Crippen molar-refractivity contribution in [3.8, 4) is 0 Å². The fraction of sp³-hybridized carbons (Fsp3) is 0.125. The van der Waals surface area contributed by atoms with Gasteiger partial charge in [0, 0.05) is 5.69 Å². The molecular weight excluding hydrogens is 323 g/mol. The predicted octanol–water partition coefficient (Wildman–Crippen LogP) is 2.99. The van der Waals surface area contributed by atoms with Crippen molar-refractivity contribution in [1.29, 1.82) is 0 Å². The molecule has 0 aliphatic heterocycles. The van der Waals surface area contributed by atoms with Crippen molar-refractivity contribution in [2.45, 2.75) is 12.7 Å². The van der Waals surface area contributed by atoms with Gasteiger partial charge in [0.15, 0.2) is 0 Å². The number of aromatic amines is 1. The topological polar surface area (TPSA) is 66.9 Å². The Hall–Kier alpha value is -3.03. The summed E-state index contributed by atoms with van der Waals surface area (Å²) in [5.41, 5.74) is -0.182. The van der Waals surface area contributed by atoms with Gasteiger partial charge < -0.3 is 10.3 Å². The summed E-state index contributed by atoms with van der Waals surface area (Å²) in [5.74, 6) is -0.596. The number of nitrogens with one attached hydrogen (secondary N) is 2. The minimum absolute atomic E-state index is 0.0164. The van der Waals surface area contributed by atoms with Crippen LogP contribution < -0.4 is 11.0 Å². The highest BCUT2D eigenvalue weighted by molar-refractivity contribution is 5.91. The zero-order chi connectivity index (χ0) is 17.3. The van der Waals surface area contributed by atoms with E-state index in [2.05, 4.69) is 10.3 Å². The summed E-state index contributed by atoms with van der Waals surface area (Å²) in [5, 5.41) is 2.37. The summed E-state index contributed by atoms with van der Waals surface area (Å²) in [6.07, 6.45) is -4.49. The number of anilines is 1. The fourth-order valence-electron chi connectivity index (χ4n) is 2.38. The summed E-state index contributed by atoms with van der Waals surface area (Å²) in [4.78, 5) is 26.6. The van der Waals surface area contributed by atoms with Crippen molar-refractivity contribution in [1.82, 2.24) is 9.55 Å². The number of imidazole rings is 1. The molecular formula is C16H12F3N3O2. The number of nitrogens with zero attached hydrogens (tertiary/aromatic N) is 1. The molecule has 1 heterocycles. The van der Waals surface area contributed by atoms with Crippen molar-refractivity contribution in [2.24, 2.45) is 0 Å². The number of hydrogen-bond donors (Lipinski definition) is 2. The van der Waals surface area contributed by atoms with Crippen LogP contribution in [0.5, 0.6) is 0 Å². The van der Waals surface area contributed by atoms with Gasteiger partial charge >= 0.3 is 11.9 Å². The summed E-state index contributed by atoms with van der Waals surface area (Å²) in [6, 6.07) is 11.1. The Balaban J connectivity index is 1.81. The second-order valence-corrected chi connectivity index (χ2v) is 5.16. The standard InChI is InChI=1S/C16H12F3N3O2/c17-16(18,19)10-4-3-5-11(8-10)20-14(23)9-22-13-7-2-1-6-12(13)21-15(22)24/h1-8H,9H2,(H,20,23)(H,21,24). The van der Waals surface area contributed by atoms with Crippen LogP contribution in [0, 0.1) is 0 Å². The molecule has 0 aliphatic carbocycles. The molecule has 5 nitrogen and oxygen atoms in total. The molecule has 3 aromatic rings. The van der Waals surface area contributed by atoms with E-state index in [1.807, 2.05) is 0 Å². The van der Waals surface area contributed by atoms with E-state index in [1.165, 1.54) is 16.7 Å². The lowest BCUT2D eigenvalue weighted by Crippen LogP contribution is -2.26. The maximum absolute atomic E-state index is 12.7. The third kappa shape index (κ3) is 3.17. The zero-order valence-corrected chi connectivity index (χ0v) is 12.2. The highest BCUT2D eigenvalue weighted by Gasteiger charge is 2.30. The molecule has 1 amide bonds. The summed E-state index contributed by atoms with van der Waals surface area (Å²) in [7, 11) is 0. The molecule has 0 spiro atoms. The first-order valence-corrected chi connectivity index (χ1v) is 6.99. The van der Waals surface area contributed by atoms with Crippen LogP contribution in [0.2, 0.25) is 0 Å². The number of amides is 1. The van der Waals surface area contributed by atoms with Gasteiger partial charge in [0.1, 0.15) is 6.54 Å². The monoisotopic (exact) mass is 335 g/mol. The Bertz CT molecular complexity index is 957. The Labute approximate surface area is 133 Å². The molecule has 0 bridgehead atoms. The van der Waals surface area contributed by atoms with Gasteiger partial charge in [-0.3, -0.25) is 9.36 Å². The summed E-state index contributed by atoms with van der Waals surface area (Å²) in [6.45, 7) is -0.306. The number of rotatable bonds is 3. The number of aromatic nitrogens is 2. The van der Waals surface area contributed by atoms with Gasteiger partial charge in [0.25, 0.3) is 0 Å². The molecule has 8 heteroatoms. The molecule has 2 N–H and O–H groups in total. The fourth-order valence-corrected chi connectivity index (χ4v) is 2.38. The molecule has 0 radical (unpaired) electrons. The van der Waals surface area contributed by atoms with E-state index in [1.54, 1.807) is 24.3 Å². The number of halogens is 3. The SMILES string of the molecule is O=C(Cn1c(=O)[nH]c2ccccc21)Nc1cccc(C(F)(F)F)c1. The largest absolute Gasteiger partial charge is 0.416 e. The van der Waals surface area contributed by atoms with E-state index in [0.717, 1.165) is 12.1 Å². The van der Waals surface area contributed by atoms with Crippen molar-refractivity contribution < 1.29 is 18.0 Å². The molecule has 0 saturated carbocycles. The van der Waals surface area contributed by atoms with E-state index in [9.17, 15) is 22.8 Å². The number of carbonyl (C=O) groups excluding carboxylic acids is 1. The number of benzene rings is 2. The van der Waals surface area contributed by atoms with Crippen LogP contribution in [-0.4, -0.2) is 15.5 Å². The predicted molar refractivity (Wildman–Crippen MR) is 82.6 cm³/mol. The van der Waals surface area contributed by atoms with E-state index < -0.39 is 23.3 Å². The number of hydrogen-bond acceptors (Lipinski definition) is 2. The van der Waals surface area contributed by atoms with Crippen molar-refractivity contribution in [2.75, 3.05) is 5.32 Å². The average Bonchev–Trinajstić information content (AvgIpc) is 2.83. The molecule has 0 fully saturated rings. The van der Waals surface area contributed by atoms with Gasteiger partial charge in [-0.2, -0.15) is 13.2 Å². The maximum atomic E-state index is 12.7. The third-order valence-corrected chi connectivity index (χ3v) is 3.46. The molecule has 3 rings (SSSR count). The quantitative estimate of drug-likeness (QED) is 0.773. The van der Waals surface area contributed by atoms with Crippen LogP contribution in [0.4, 0.5) is 18.9 Å². The van der Waals surface area contributed by atoms with Gasteiger partial charge in [-0.15, -0.1) is 0 Å². The van der Waals surface area contributed by atoms with E-state index >= 15 is 0 Å². The van der Waals surface area contributed by atoms with Crippen LogP contribution in [0.15, 0.2) is 53.3 Å². The molecule has 0 atom stereocenters. The average molecular weight is 335 g/mol. The van der Waals surface area contributed by atoms with Gasteiger partial charge in [0.2, 0.25) is 5.91 Å². The van der Waals surface area contributed by atoms with Crippen LogP contribution in [0.1, 0.15) is 5.56 Å². The van der Waals surface area contributed by atoms with Gasteiger partial charge in [-0.25, -0.2) is 4.79 Å². The Morgan fingerprint density at radius 3 is 2.62 bits per heavy atom. The first-order valence-electron chi connectivity index (χ1n) is 6.99. The van der Waals surface area contributed by atoms with Gasteiger partial charge in [0.05, 0.1) is 16.6 Å². The Kier molecular flexibility index (Phi) is 3.88. The number of para-hydroxylation sites is 2.